The maximum Gasteiger partial charge on any atom is 0.410 e. The third-order valence-corrected chi connectivity index (χ3v) is 2.53. The van der Waals surface area contributed by atoms with Crippen molar-refractivity contribution >= 4 is 17.8 Å². The zero-order valence-corrected chi connectivity index (χ0v) is 13.3. The molecule has 0 aliphatic heterocycles. The molecule has 1 aromatic carbocycles. The predicted octanol–water partition coefficient (Wildman–Crippen LogP) is 2.28. The van der Waals surface area contributed by atoms with Crippen LogP contribution in [0.15, 0.2) is 30.3 Å². The van der Waals surface area contributed by atoms with Crippen molar-refractivity contribution in [3.63, 3.8) is 0 Å². The first-order valence-electron chi connectivity index (χ1n) is 6.87. The Labute approximate surface area is 130 Å². The maximum absolute atomic E-state index is 11.8. The lowest BCUT2D eigenvalue weighted by Crippen LogP contribution is -2.38. The first kappa shape index (κ1) is 17.7. The van der Waals surface area contributed by atoms with E-state index in [1.807, 2.05) is 0 Å². The summed E-state index contributed by atoms with van der Waals surface area (Å²) in [5, 5.41) is 0. The Bertz CT molecular complexity index is 533. The first-order valence-corrected chi connectivity index (χ1v) is 6.87. The van der Waals surface area contributed by atoms with E-state index in [9.17, 15) is 14.4 Å². The van der Waals surface area contributed by atoms with Crippen molar-refractivity contribution in [1.29, 1.82) is 0 Å². The molecule has 22 heavy (non-hydrogen) atoms. The molecule has 0 saturated carbocycles. The Kier molecular flexibility index (Phi) is 6.10. The largest absolute Gasteiger partial charge is 0.456 e. The molecule has 0 aliphatic rings. The summed E-state index contributed by atoms with van der Waals surface area (Å²) in [7, 11) is 1.42. The molecule has 0 heterocycles. The highest BCUT2D eigenvalue weighted by Crippen LogP contribution is 2.09. The first-order chi connectivity index (χ1) is 10.2. The van der Waals surface area contributed by atoms with Gasteiger partial charge in [-0.1, -0.05) is 30.3 Å². The molecule has 0 atom stereocenters. The topological polar surface area (TPSA) is 72.9 Å². The van der Waals surface area contributed by atoms with Crippen molar-refractivity contribution in [3.8, 4) is 0 Å². The van der Waals surface area contributed by atoms with Crippen molar-refractivity contribution in [2.45, 2.75) is 26.4 Å². The highest BCUT2D eigenvalue weighted by atomic mass is 16.6. The Morgan fingerprint density at radius 3 is 2.23 bits per heavy atom. The van der Waals surface area contributed by atoms with Crippen molar-refractivity contribution in [1.82, 2.24) is 4.90 Å². The summed E-state index contributed by atoms with van der Waals surface area (Å²) in [6.07, 6.45) is -0.626. The van der Waals surface area contributed by atoms with E-state index in [0.717, 1.165) is 4.90 Å². The molecule has 6 heteroatoms. The maximum atomic E-state index is 11.8. The van der Waals surface area contributed by atoms with E-state index in [2.05, 4.69) is 0 Å². The van der Waals surface area contributed by atoms with E-state index in [4.69, 9.17) is 9.47 Å². The number of Topliss-reactive ketones (excluding diaryl/α,β-unsaturated/α-hetero) is 1. The van der Waals surface area contributed by atoms with Crippen molar-refractivity contribution in [2.75, 3.05) is 20.2 Å². The average Bonchev–Trinajstić information content (AvgIpc) is 2.43. The third-order valence-electron chi connectivity index (χ3n) is 2.53. The molecule has 0 aromatic heterocycles. The van der Waals surface area contributed by atoms with E-state index in [1.54, 1.807) is 51.1 Å². The number of likely N-dealkylation sites (N-methyl/N-ethyl adjacent to an activating group) is 1. The van der Waals surface area contributed by atoms with Crippen LogP contribution in [0.3, 0.4) is 0 Å². The smallest absolute Gasteiger partial charge is 0.410 e. The molecule has 0 bridgehead atoms. The van der Waals surface area contributed by atoms with Gasteiger partial charge in [-0.05, 0) is 20.8 Å². The number of hydrogen-bond donors (Lipinski definition) is 0. The third kappa shape index (κ3) is 6.39. The zero-order valence-electron chi connectivity index (χ0n) is 13.3. The molecule has 0 N–H and O–H groups in total. The zero-order chi connectivity index (χ0) is 16.8. The molecular weight excluding hydrogens is 286 g/mol. The second kappa shape index (κ2) is 7.59. The van der Waals surface area contributed by atoms with E-state index in [-0.39, 0.29) is 18.9 Å². The Morgan fingerprint density at radius 1 is 1.09 bits per heavy atom. The number of benzene rings is 1. The molecule has 0 fully saturated rings. The van der Waals surface area contributed by atoms with Crippen LogP contribution in [-0.2, 0) is 14.3 Å². The summed E-state index contributed by atoms with van der Waals surface area (Å²) in [4.78, 5) is 36.2. The van der Waals surface area contributed by atoms with Crippen LogP contribution in [0.1, 0.15) is 31.1 Å². The quantitative estimate of drug-likeness (QED) is 0.616. The standard InChI is InChI=1S/C16H21NO5/c1-16(2,3)22-15(20)17(4)10-14(19)21-11-13(18)12-8-6-5-7-9-12/h5-9H,10-11H2,1-4H3. The molecule has 0 spiro atoms. The molecule has 1 aromatic rings. The molecule has 0 radical (unpaired) electrons. The number of ketones is 1. The number of hydrogen-bond acceptors (Lipinski definition) is 5. The van der Waals surface area contributed by atoms with Gasteiger partial charge in [-0.15, -0.1) is 0 Å². The van der Waals surface area contributed by atoms with Gasteiger partial charge in [0.2, 0.25) is 0 Å². The summed E-state index contributed by atoms with van der Waals surface area (Å²) in [6, 6.07) is 8.53. The summed E-state index contributed by atoms with van der Waals surface area (Å²) >= 11 is 0. The lowest BCUT2D eigenvalue weighted by Gasteiger charge is -2.24. The number of amides is 1. The van der Waals surface area contributed by atoms with Crippen LogP contribution < -0.4 is 0 Å². The van der Waals surface area contributed by atoms with Crippen LogP contribution in [0.4, 0.5) is 4.79 Å². The molecule has 0 aliphatic carbocycles. The SMILES string of the molecule is CN(CC(=O)OCC(=O)c1ccccc1)C(=O)OC(C)(C)C. The summed E-state index contributed by atoms with van der Waals surface area (Å²) < 4.78 is 9.98. The summed E-state index contributed by atoms with van der Waals surface area (Å²) in [6.45, 7) is 4.56. The van der Waals surface area contributed by atoms with Gasteiger partial charge >= 0.3 is 12.1 Å². The monoisotopic (exact) mass is 307 g/mol. The highest BCUT2D eigenvalue weighted by molar-refractivity contribution is 5.98. The lowest BCUT2D eigenvalue weighted by molar-refractivity contribution is -0.143. The summed E-state index contributed by atoms with van der Waals surface area (Å²) in [5.41, 5.74) is -0.172. The molecule has 120 valence electrons. The second-order valence-electron chi connectivity index (χ2n) is 5.79. The Balaban J connectivity index is 2.40. The fourth-order valence-electron chi connectivity index (χ4n) is 1.50. The number of carbonyl (C=O) groups excluding carboxylic acids is 3. The fourth-order valence-corrected chi connectivity index (χ4v) is 1.50. The van der Waals surface area contributed by atoms with E-state index in [1.165, 1.54) is 7.05 Å². The van der Waals surface area contributed by atoms with Gasteiger partial charge in [-0.25, -0.2) is 4.79 Å². The van der Waals surface area contributed by atoms with Crippen LogP contribution >= 0.6 is 0 Å². The van der Waals surface area contributed by atoms with Crippen molar-refractivity contribution in [3.05, 3.63) is 35.9 Å². The normalized spacial score (nSPS) is 10.7. The predicted molar refractivity (Wildman–Crippen MR) is 80.6 cm³/mol. The van der Waals surface area contributed by atoms with E-state index < -0.39 is 17.7 Å². The van der Waals surface area contributed by atoms with Crippen LogP contribution in [0.25, 0.3) is 0 Å². The van der Waals surface area contributed by atoms with Crippen LogP contribution in [0, 0.1) is 0 Å². The van der Waals surface area contributed by atoms with Crippen molar-refractivity contribution < 1.29 is 23.9 Å². The molecule has 0 saturated heterocycles. The van der Waals surface area contributed by atoms with Gasteiger partial charge in [-0.3, -0.25) is 9.59 Å². The van der Waals surface area contributed by atoms with Crippen LogP contribution in [0.2, 0.25) is 0 Å². The molecule has 1 amide bonds. The number of carbonyl (C=O) groups is 3. The average molecular weight is 307 g/mol. The number of ether oxygens (including phenoxy) is 2. The van der Waals surface area contributed by atoms with Crippen molar-refractivity contribution in [2.24, 2.45) is 0 Å². The van der Waals surface area contributed by atoms with Gasteiger partial charge in [-0.2, -0.15) is 0 Å². The van der Waals surface area contributed by atoms with E-state index in [0.29, 0.717) is 5.56 Å². The number of nitrogens with zero attached hydrogens (tertiary/aromatic N) is 1. The van der Waals surface area contributed by atoms with Crippen LogP contribution in [0.5, 0.6) is 0 Å². The Hall–Kier alpha value is -2.37. The van der Waals surface area contributed by atoms with Gasteiger partial charge in [0.05, 0.1) is 0 Å². The van der Waals surface area contributed by atoms with Gasteiger partial charge in [0, 0.05) is 12.6 Å². The van der Waals surface area contributed by atoms with E-state index >= 15 is 0 Å². The van der Waals surface area contributed by atoms with Gasteiger partial charge in [0.1, 0.15) is 12.1 Å². The lowest BCUT2D eigenvalue weighted by atomic mass is 10.1. The second-order valence-corrected chi connectivity index (χ2v) is 5.79. The minimum atomic E-state index is -0.669. The minimum Gasteiger partial charge on any atom is -0.456 e. The van der Waals surface area contributed by atoms with Gasteiger partial charge < -0.3 is 14.4 Å². The van der Waals surface area contributed by atoms with Crippen LogP contribution in [-0.4, -0.2) is 48.5 Å². The highest BCUT2D eigenvalue weighted by Gasteiger charge is 2.21. The number of esters is 1. The summed E-state index contributed by atoms with van der Waals surface area (Å²) in [5.74, 6) is -0.966. The Morgan fingerprint density at radius 2 is 1.68 bits per heavy atom. The molecular formula is C16H21NO5. The minimum absolute atomic E-state index is 0.281. The molecule has 0 unspecified atom stereocenters. The molecule has 6 nitrogen and oxygen atoms in total. The van der Waals surface area contributed by atoms with Gasteiger partial charge in [0.15, 0.2) is 12.4 Å². The number of rotatable bonds is 5. The van der Waals surface area contributed by atoms with Gasteiger partial charge in [0.25, 0.3) is 0 Å². The molecule has 1 rings (SSSR count). The fraction of sp³-hybridized carbons (Fsp3) is 0.438.